The fourth-order valence-electron chi connectivity index (χ4n) is 1.26. The van der Waals surface area contributed by atoms with Gasteiger partial charge in [-0.3, -0.25) is 5.84 Å². The Balaban J connectivity index is 2.63. The molecule has 0 aliphatic heterocycles. The minimum absolute atomic E-state index is 0.133. The maximum Gasteiger partial charge on any atom is 0.185 e. The number of nitrogens with two attached hydrogens (primary N) is 1. The molecule has 0 heterocycles. The first kappa shape index (κ1) is 14.9. The fraction of sp³-hybridized carbons (Fsp3) is 0.214. The van der Waals surface area contributed by atoms with E-state index in [1.807, 2.05) is 0 Å². The van der Waals surface area contributed by atoms with Crippen molar-refractivity contribution in [1.29, 1.82) is 0 Å². The van der Waals surface area contributed by atoms with Gasteiger partial charge in [-0.1, -0.05) is 24.8 Å². The van der Waals surface area contributed by atoms with Crippen molar-refractivity contribution in [3.8, 4) is 0 Å². The maximum absolute atomic E-state index is 13.3. The smallest absolute Gasteiger partial charge is 0.185 e. The van der Waals surface area contributed by atoms with E-state index in [-0.39, 0.29) is 12.4 Å². The fourth-order valence-corrected chi connectivity index (χ4v) is 1.26. The molecule has 0 radical (unpaired) electrons. The Labute approximate surface area is 112 Å². The highest BCUT2D eigenvalue weighted by molar-refractivity contribution is 5.73. The molecule has 0 aliphatic carbocycles. The van der Waals surface area contributed by atoms with Crippen molar-refractivity contribution >= 4 is 5.90 Å². The molecule has 19 heavy (non-hydrogen) atoms. The van der Waals surface area contributed by atoms with Crippen molar-refractivity contribution in [2.45, 2.75) is 20.5 Å². The van der Waals surface area contributed by atoms with E-state index in [0.29, 0.717) is 17.2 Å². The number of nitrogens with zero attached hydrogens (tertiary/aromatic N) is 1. The number of hydrogen-bond acceptors (Lipinski definition) is 4. The molecule has 0 bridgehead atoms. The molecule has 1 aromatic rings. The van der Waals surface area contributed by atoms with Gasteiger partial charge in [0.2, 0.25) is 0 Å². The van der Waals surface area contributed by atoms with E-state index in [1.165, 1.54) is 12.3 Å². The Kier molecular flexibility index (Phi) is 5.75. The lowest BCUT2D eigenvalue weighted by Gasteiger charge is -2.06. The van der Waals surface area contributed by atoms with Crippen molar-refractivity contribution in [3.63, 3.8) is 0 Å². The number of nitrogens with one attached hydrogen (secondary N) is 1. The molecule has 1 aromatic carbocycles. The zero-order valence-electron chi connectivity index (χ0n) is 11.1. The molecule has 0 aromatic heterocycles. The van der Waals surface area contributed by atoms with Crippen molar-refractivity contribution in [2.24, 2.45) is 10.8 Å². The number of benzene rings is 1. The van der Waals surface area contributed by atoms with Crippen molar-refractivity contribution in [1.82, 2.24) is 5.43 Å². The van der Waals surface area contributed by atoms with Crippen LogP contribution in [0, 0.1) is 5.82 Å². The molecular formula is C14H18FN3O. The summed E-state index contributed by atoms with van der Waals surface area (Å²) in [6.07, 6.45) is 1.51. The summed E-state index contributed by atoms with van der Waals surface area (Å²) in [5.41, 5.74) is 4.33. The van der Waals surface area contributed by atoms with E-state index in [9.17, 15) is 4.39 Å². The van der Waals surface area contributed by atoms with Gasteiger partial charge in [-0.2, -0.15) is 0 Å². The third kappa shape index (κ3) is 4.93. The van der Waals surface area contributed by atoms with Crippen LogP contribution in [-0.4, -0.2) is 5.90 Å². The van der Waals surface area contributed by atoms with Gasteiger partial charge in [0.05, 0.1) is 11.9 Å². The van der Waals surface area contributed by atoms with Gasteiger partial charge in [0, 0.05) is 12.5 Å². The van der Waals surface area contributed by atoms with Crippen LogP contribution in [0.2, 0.25) is 0 Å². The van der Waals surface area contributed by atoms with Crippen LogP contribution in [-0.2, 0) is 11.3 Å². The van der Waals surface area contributed by atoms with Gasteiger partial charge in [0.1, 0.15) is 12.4 Å². The maximum atomic E-state index is 13.3. The zero-order valence-corrected chi connectivity index (χ0v) is 11.1. The Hall–Kier alpha value is -2.14. The summed E-state index contributed by atoms with van der Waals surface area (Å²) >= 11 is 0. The molecule has 1 rings (SSSR count). The summed E-state index contributed by atoms with van der Waals surface area (Å²) in [4.78, 5) is 4.07. The van der Waals surface area contributed by atoms with Crippen LogP contribution < -0.4 is 11.3 Å². The second kappa shape index (κ2) is 7.33. The minimum atomic E-state index is -0.294. The minimum Gasteiger partial charge on any atom is -0.476 e. The standard InChI is InChI=1S/C14H18FN3O/c1-10(2)14(18-16)8-17-11(3)19-9-12-6-4-5-7-13(12)15/h4-8,18H,1,9,16H2,2-3H3/b14-8+,17-11?. The van der Waals surface area contributed by atoms with E-state index >= 15 is 0 Å². The van der Waals surface area contributed by atoms with Crippen LogP contribution >= 0.6 is 0 Å². The first-order valence-corrected chi connectivity index (χ1v) is 5.78. The summed E-state index contributed by atoms with van der Waals surface area (Å²) in [6, 6.07) is 6.45. The highest BCUT2D eigenvalue weighted by Gasteiger charge is 2.01. The lowest BCUT2D eigenvalue weighted by Crippen LogP contribution is -2.21. The van der Waals surface area contributed by atoms with Gasteiger partial charge in [-0.15, -0.1) is 0 Å². The van der Waals surface area contributed by atoms with Gasteiger partial charge >= 0.3 is 0 Å². The number of rotatable bonds is 5. The molecule has 0 spiro atoms. The highest BCUT2D eigenvalue weighted by atomic mass is 19.1. The van der Waals surface area contributed by atoms with E-state index < -0.39 is 0 Å². The Bertz CT molecular complexity index is 509. The number of allylic oxidation sites excluding steroid dienone is 1. The molecule has 0 unspecified atom stereocenters. The highest BCUT2D eigenvalue weighted by Crippen LogP contribution is 2.08. The number of hydrogen-bond donors (Lipinski definition) is 2. The summed E-state index contributed by atoms with van der Waals surface area (Å²) in [6.45, 7) is 7.36. The Morgan fingerprint density at radius 3 is 2.74 bits per heavy atom. The first-order valence-electron chi connectivity index (χ1n) is 5.78. The molecule has 0 saturated heterocycles. The summed E-state index contributed by atoms with van der Waals surface area (Å²) in [5, 5.41) is 0. The van der Waals surface area contributed by atoms with E-state index in [4.69, 9.17) is 10.6 Å². The van der Waals surface area contributed by atoms with Crippen LogP contribution in [0.5, 0.6) is 0 Å². The number of hydrazine groups is 1. The Morgan fingerprint density at radius 2 is 2.16 bits per heavy atom. The monoisotopic (exact) mass is 263 g/mol. The number of aliphatic imine (C=N–C) groups is 1. The molecule has 0 fully saturated rings. The van der Waals surface area contributed by atoms with Gasteiger partial charge in [-0.05, 0) is 18.6 Å². The van der Waals surface area contributed by atoms with E-state index in [0.717, 1.165) is 5.57 Å². The van der Waals surface area contributed by atoms with Crippen molar-refractivity contribution < 1.29 is 9.13 Å². The predicted octanol–water partition coefficient (Wildman–Crippen LogP) is 2.64. The van der Waals surface area contributed by atoms with Crippen LogP contribution in [0.3, 0.4) is 0 Å². The summed E-state index contributed by atoms with van der Waals surface area (Å²) in [7, 11) is 0. The number of halogens is 1. The normalized spacial score (nSPS) is 12.2. The van der Waals surface area contributed by atoms with Gasteiger partial charge in [0.25, 0.3) is 0 Å². The van der Waals surface area contributed by atoms with Crippen molar-refractivity contribution in [2.75, 3.05) is 0 Å². The van der Waals surface area contributed by atoms with Gasteiger partial charge in [0.15, 0.2) is 5.90 Å². The number of ether oxygens (including phenoxy) is 1. The quantitative estimate of drug-likeness (QED) is 0.282. The Morgan fingerprint density at radius 1 is 1.47 bits per heavy atom. The second-order valence-corrected chi connectivity index (χ2v) is 4.00. The molecule has 0 amide bonds. The average molecular weight is 263 g/mol. The molecule has 0 aliphatic rings. The van der Waals surface area contributed by atoms with E-state index in [2.05, 4.69) is 17.0 Å². The first-order chi connectivity index (χ1) is 9.04. The average Bonchev–Trinajstić information content (AvgIpc) is 2.38. The van der Waals surface area contributed by atoms with Crippen LogP contribution in [0.1, 0.15) is 19.4 Å². The molecule has 5 heteroatoms. The van der Waals surface area contributed by atoms with Crippen LogP contribution in [0.25, 0.3) is 0 Å². The zero-order chi connectivity index (χ0) is 14.3. The SMILES string of the molecule is C=C(C)/C(=C\N=C(C)OCc1ccccc1F)NN. The predicted molar refractivity (Wildman–Crippen MR) is 74.5 cm³/mol. The molecule has 0 saturated carbocycles. The van der Waals surface area contributed by atoms with E-state index in [1.54, 1.807) is 32.0 Å². The topological polar surface area (TPSA) is 59.6 Å². The molecule has 0 atom stereocenters. The van der Waals surface area contributed by atoms with Gasteiger partial charge in [-0.25, -0.2) is 9.38 Å². The summed E-state index contributed by atoms with van der Waals surface area (Å²) < 4.78 is 18.7. The third-order valence-electron chi connectivity index (χ3n) is 2.39. The second-order valence-electron chi connectivity index (χ2n) is 4.00. The lowest BCUT2D eigenvalue weighted by molar-refractivity contribution is 0.284. The van der Waals surface area contributed by atoms with Crippen LogP contribution in [0.4, 0.5) is 4.39 Å². The van der Waals surface area contributed by atoms with Gasteiger partial charge < -0.3 is 10.2 Å². The van der Waals surface area contributed by atoms with Crippen molar-refractivity contribution in [3.05, 3.63) is 59.7 Å². The molecular weight excluding hydrogens is 245 g/mol. The lowest BCUT2D eigenvalue weighted by atomic mass is 10.2. The largest absolute Gasteiger partial charge is 0.476 e. The molecule has 102 valence electrons. The molecule has 4 nitrogen and oxygen atoms in total. The molecule has 3 N–H and O–H groups in total. The van der Waals surface area contributed by atoms with Crippen LogP contribution in [0.15, 0.2) is 53.3 Å². The third-order valence-corrected chi connectivity index (χ3v) is 2.39. The summed E-state index contributed by atoms with van der Waals surface area (Å²) in [5.74, 6) is 5.43.